The van der Waals surface area contributed by atoms with Gasteiger partial charge in [0.15, 0.2) is 11.6 Å². The Balaban J connectivity index is 1.11. The molecule has 4 heterocycles. The van der Waals surface area contributed by atoms with Crippen molar-refractivity contribution in [2.75, 3.05) is 0 Å². The van der Waals surface area contributed by atoms with Gasteiger partial charge in [0.05, 0.1) is 27.5 Å². The van der Waals surface area contributed by atoms with Crippen LogP contribution < -0.4 is 10.6 Å². The summed E-state index contributed by atoms with van der Waals surface area (Å²) in [6, 6.07) is 68.5. The second-order valence-electron chi connectivity index (χ2n) is 16.3. The summed E-state index contributed by atoms with van der Waals surface area (Å²) in [5, 5.41) is 6.75. The number of aromatic nitrogens is 5. The zero-order chi connectivity index (χ0) is 41.4. The van der Waals surface area contributed by atoms with Crippen molar-refractivity contribution in [2.45, 2.75) is 12.8 Å². The molecule has 0 spiro atoms. The summed E-state index contributed by atoms with van der Waals surface area (Å²) in [5.41, 5.74) is 13.7. The molecule has 0 saturated heterocycles. The third-order valence-corrected chi connectivity index (χ3v) is 12.7. The summed E-state index contributed by atoms with van der Waals surface area (Å²) in [6.07, 6.45) is 3.77. The van der Waals surface area contributed by atoms with E-state index in [1.807, 2.05) is 6.07 Å². The Morgan fingerprint density at radius 2 is 0.984 bits per heavy atom. The lowest BCUT2D eigenvalue weighted by atomic mass is 9.99. The van der Waals surface area contributed by atoms with E-state index in [4.69, 9.17) is 19.4 Å². The van der Waals surface area contributed by atoms with Gasteiger partial charge < -0.3 is 8.98 Å². The van der Waals surface area contributed by atoms with E-state index in [1.165, 1.54) is 10.9 Å². The van der Waals surface area contributed by atoms with E-state index >= 15 is 0 Å². The number of benzene rings is 8. The first-order chi connectivity index (χ1) is 31.2. The molecule has 296 valence electrons. The van der Waals surface area contributed by atoms with E-state index < -0.39 is 0 Å². The van der Waals surface area contributed by atoms with Crippen molar-refractivity contribution in [1.29, 1.82) is 0 Å². The average Bonchev–Trinajstić information content (AvgIpc) is 4.02. The molecule has 8 aromatic carbocycles. The smallest absolute Gasteiger partial charge is 0.238 e. The second-order valence-corrected chi connectivity index (χ2v) is 16.3. The fourth-order valence-corrected chi connectivity index (χ4v) is 9.83. The SMILES string of the molecule is C1=c2oc3ccc4c5ccccc5n(-c5cccc(-c6ccccc6)c5)c4c3c2=C(c2nc(-c3ccc(-c4ccccc4)cc3)nc(-n3c4ccccc4c4ccccc43)n2)CC1. The highest BCUT2D eigenvalue weighted by Gasteiger charge is 2.24. The first kappa shape index (κ1) is 35.4. The molecule has 1 aliphatic rings. The molecule has 0 unspecified atom stereocenters. The van der Waals surface area contributed by atoms with Crippen LogP contribution in [-0.2, 0) is 0 Å². The Labute approximate surface area is 362 Å². The van der Waals surface area contributed by atoms with E-state index in [0.717, 1.165) is 106 Å². The van der Waals surface area contributed by atoms with Crippen LogP contribution in [0.3, 0.4) is 0 Å². The van der Waals surface area contributed by atoms with Crippen molar-refractivity contribution in [1.82, 2.24) is 24.1 Å². The van der Waals surface area contributed by atoms with Gasteiger partial charge in [0.1, 0.15) is 11.0 Å². The molecule has 4 aromatic heterocycles. The van der Waals surface area contributed by atoms with Crippen LogP contribution in [0.4, 0.5) is 0 Å². The first-order valence-electron chi connectivity index (χ1n) is 21.5. The second kappa shape index (κ2) is 14.1. The Kier molecular flexibility index (Phi) is 7.93. The predicted molar refractivity (Wildman–Crippen MR) is 256 cm³/mol. The minimum Gasteiger partial charge on any atom is -0.456 e. The monoisotopic (exact) mass is 807 g/mol. The maximum atomic E-state index is 6.85. The maximum Gasteiger partial charge on any atom is 0.238 e. The molecule has 0 saturated carbocycles. The number of hydrogen-bond acceptors (Lipinski definition) is 4. The fraction of sp³-hybridized carbons (Fsp3) is 0.0351. The molecule has 0 radical (unpaired) electrons. The molecule has 1 aliphatic carbocycles. The van der Waals surface area contributed by atoms with Crippen LogP contribution in [0, 0.1) is 0 Å². The third-order valence-electron chi connectivity index (χ3n) is 12.7. The van der Waals surface area contributed by atoms with E-state index in [9.17, 15) is 0 Å². The molecule has 6 heteroatoms. The van der Waals surface area contributed by atoms with E-state index in [1.54, 1.807) is 0 Å². The van der Waals surface area contributed by atoms with Crippen molar-refractivity contribution in [3.8, 4) is 45.3 Å². The zero-order valence-corrected chi connectivity index (χ0v) is 34.1. The lowest BCUT2D eigenvalue weighted by Crippen LogP contribution is -2.28. The molecule has 13 rings (SSSR count). The lowest BCUT2D eigenvalue weighted by molar-refractivity contribution is 0.571. The van der Waals surface area contributed by atoms with Crippen LogP contribution in [0.15, 0.2) is 199 Å². The standard InChI is InChI=1S/C57H37N5O/c1-3-15-36(16-4-1)38-29-31-39(32-30-38)55-58-56(60-57(59-55)62-48-26-11-7-21-42(48)43-22-8-12-27-49(43)62)46-24-14-28-50-52(46)53-51(63-50)34-33-45-44-23-9-10-25-47(44)61(54(45)53)41-20-13-19-40(35-41)37-17-5-2-6-18-37/h1-13,15-23,25-35H,14,24H2. The number of nitrogens with zero attached hydrogens (tertiary/aromatic N) is 5. The summed E-state index contributed by atoms with van der Waals surface area (Å²) < 4.78 is 11.5. The molecule has 0 aliphatic heterocycles. The quantitative estimate of drug-likeness (QED) is 0.168. The normalized spacial score (nSPS) is 12.7. The van der Waals surface area contributed by atoms with Gasteiger partial charge in [-0.15, -0.1) is 0 Å². The van der Waals surface area contributed by atoms with E-state index in [2.05, 4.69) is 203 Å². The zero-order valence-electron chi connectivity index (χ0n) is 34.1. The van der Waals surface area contributed by atoms with Gasteiger partial charge in [-0.25, -0.2) is 4.98 Å². The summed E-state index contributed by atoms with van der Waals surface area (Å²) >= 11 is 0. The van der Waals surface area contributed by atoms with Gasteiger partial charge in [0.2, 0.25) is 5.95 Å². The number of hydrogen-bond donors (Lipinski definition) is 0. The number of furan rings is 1. The van der Waals surface area contributed by atoms with Crippen LogP contribution in [0.25, 0.3) is 112 Å². The fourth-order valence-electron chi connectivity index (χ4n) is 9.83. The Morgan fingerprint density at radius 3 is 1.68 bits per heavy atom. The molecular formula is C57H37N5O. The van der Waals surface area contributed by atoms with Crippen LogP contribution in [-0.4, -0.2) is 24.1 Å². The summed E-state index contributed by atoms with van der Waals surface area (Å²) in [6.45, 7) is 0. The van der Waals surface area contributed by atoms with Gasteiger partial charge in [0, 0.05) is 43.6 Å². The Morgan fingerprint density at radius 1 is 0.429 bits per heavy atom. The van der Waals surface area contributed by atoms with Crippen molar-refractivity contribution < 1.29 is 4.42 Å². The Hall–Kier alpha value is -8.35. The van der Waals surface area contributed by atoms with Gasteiger partial charge in [-0.2, -0.15) is 9.97 Å². The average molecular weight is 808 g/mol. The maximum absolute atomic E-state index is 6.85. The highest BCUT2D eigenvalue weighted by Crippen LogP contribution is 2.38. The van der Waals surface area contributed by atoms with Gasteiger partial charge in [-0.05, 0) is 83.6 Å². The molecule has 0 amide bonds. The van der Waals surface area contributed by atoms with Crippen molar-refractivity contribution in [2.24, 2.45) is 0 Å². The lowest BCUT2D eigenvalue weighted by Gasteiger charge is -2.14. The highest BCUT2D eigenvalue weighted by molar-refractivity contribution is 6.18. The molecule has 6 nitrogen and oxygen atoms in total. The van der Waals surface area contributed by atoms with Crippen LogP contribution >= 0.6 is 0 Å². The van der Waals surface area contributed by atoms with E-state index in [-0.39, 0.29) is 0 Å². The van der Waals surface area contributed by atoms with Crippen molar-refractivity contribution >= 4 is 66.2 Å². The number of fused-ring (bicyclic) bond motifs is 10. The first-order valence-corrected chi connectivity index (χ1v) is 21.5. The van der Waals surface area contributed by atoms with Gasteiger partial charge in [-0.3, -0.25) is 4.57 Å². The third kappa shape index (κ3) is 5.62. The summed E-state index contributed by atoms with van der Waals surface area (Å²) in [4.78, 5) is 16.2. The van der Waals surface area contributed by atoms with Gasteiger partial charge in [-0.1, -0.05) is 152 Å². The molecular weight excluding hydrogens is 771 g/mol. The van der Waals surface area contributed by atoms with Gasteiger partial charge in [0.25, 0.3) is 0 Å². The minimum absolute atomic E-state index is 0.577. The summed E-state index contributed by atoms with van der Waals surface area (Å²) in [5.74, 6) is 1.84. The van der Waals surface area contributed by atoms with Crippen molar-refractivity contribution in [3.05, 3.63) is 211 Å². The van der Waals surface area contributed by atoms with E-state index in [0.29, 0.717) is 17.6 Å². The molecule has 0 bridgehead atoms. The number of para-hydroxylation sites is 3. The number of rotatable bonds is 6. The molecule has 0 atom stereocenters. The molecule has 0 fully saturated rings. The molecule has 63 heavy (non-hydrogen) atoms. The van der Waals surface area contributed by atoms with Crippen LogP contribution in [0.5, 0.6) is 0 Å². The molecule has 12 aromatic rings. The largest absolute Gasteiger partial charge is 0.456 e. The molecule has 0 N–H and O–H groups in total. The minimum atomic E-state index is 0.577. The topological polar surface area (TPSA) is 61.7 Å². The predicted octanol–water partition coefficient (Wildman–Crippen LogP) is 12.6. The van der Waals surface area contributed by atoms with Crippen LogP contribution in [0.1, 0.15) is 18.7 Å². The highest BCUT2D eigenvalue weighted by atomic mass is 16.3. The van der Waals surface area contributed by atoms with Gasteiger partial charge >= 0.3 is 0 Å². The van der Waals surface area contributed by atoms with Crippen LogP contribution in [0.2, 0.25) is 0 Å². The summed E-state index contributed by atoms with van der Waals surface area (Å²) in [7, 11) is 0. The Bertz CT molecular complexity index is 3840. The van der Waals surface area contributed by atoms with Crippen molar-refractivity contribution in [3.63, 3.8) is 0 Å².